The molecular formula is C30H32N6O5. The van der Waals surface area contributed by atoms with E-state index in [9.17, 15) is 19.2 Å². The Hall–Kier alpha value is -5.06. The van der Waals surface area contributed by atoms with E-state index in [1.807, 2.05) is 6.07 Å². The summed E-state index contributed by atoms with van der Waals surface area (Å²) in [7, 11) is 1.76. The molecule has 3 aromatic rings. The van der Waals surface area contributed by atoms with Gasteiger partial charge in [0.25, 0.3) is 5.91 Å². The van der Waals surface area contributed by atoms with Crippen LogP contribution in [-0.4, -0.2) is 60.8 Å². The fourth-order valence-corrected chi connectivity index (χ4v) is 4.16. The Balaban J connectivity index is 1.71. The molecule has 1 atom stereocenters. The van der Waals surface area contributed by atoms with Crippen LogP contribution in [0, 0.1) is 5.41 Å². The minimum atomic E-state index is -1.38. The van der Waals surface area contributed by atoms with Gasteiger partial charge < -0.3 is 25.6 Å². The molecule has 2 aromatic carbocycles. The van der Waals surface area contributed by atoms with Gasteiger partial charge in [-0.2, -0.15) is 0 Å². The molecule has 11 nitrogen and oxygen atoms in total. The van der Waals surface area contributed by atoms with Crippen LogP contribution in [0.4, 0.5) is 21.9 Å². The van der Waals surface area contributed by atoms with Crippen LogP contribution in [0.2, 0.25) is 0 Å². The molecule has 0 fully saturated rings. The van der Waals surface area contributed by atoms with Crippen molar-refractivity contribution >= 4 is 46.5 Å². The molecule has 1 aliphatic rings. The van der Waals surface area contributed by atoms with Crippen LogP contribution in [0.3, 0.4) is 0 Å². The van der Waals surface area contributed by atoms with E-state index in [-0.39, 0.29) is 18.9 Å². The third-order valence-electron chi connectivity index (χ3n) is 6.49. The Morgan fingerprint density at radius 1 is 1.00 bits per heavy atom. The SMILES string of the molecule is CNc1cccc(NC(=O)NC2N=C(c3ccccn3)c3ccccc3N(CC(=O)C(C)(C)COC(C)=O)C2=O)c1. The molecule has 1 aliphatic heterocycles. The number of nitrogens with one attached hydrogen (secondary N) is 3. The Kier molecular flexibility index (Phi) is 8.76. The van der Waals surface area contributed by atoms with Crippen molar-refractivity contribution in [3.05, 3.63) is 84.2 Å². The zero-order valence-electron chi connectivity index (χ0n) is 23.3. The normalized spacial score (nSPS) is 14.7. The first-order chi connectivity index (χ1) is 19.6. The number of pyridine rings is 1. The molecule has 0 bridgehead atoms. The predicted molar refractivity (Wildman–Crippen MR) is 156 cm³/mol. The quantitative estimate of drug-likeness (QED) is 0.342. The molecule has 3 N–H and O–H groups in total. The minimum absolute atomic E-state index is 0.143. The van der Waals surface area contributed by atoms with Gasteiger partial charge in [0.2, 0.25) is 6.17 Å². The fourth-order valence-electron chi connectivity index (χ4n) is 4.16. The maximum atomic E-state index is 14.0. The zero-order chi connectivity index (χ0) is 29.6. The lowest BCUT2D eigenvalue weighted by atomic mass is 9.88. The van der Waals surface area contributed by atoms with E-state index in [1.54, 1.807) is 87.8 Å². The molecule has 4 rings (SSSR count). The summed E-state index contributed by atoms with van der Waals surface area (Å²) in [5.41, 5.74) is 2.10. The maximum absolute atomic E-state index is 14.0. The molecule has 1 aromatic heterocycles. The molecule has 2 heterocycles. The summed E-state index contributed by atoms with van der Waals surface area (Å²) in [6, 6.07) is 18.8. The Morgan fingerprint density at radius 3 is 2.44 bits per heavy atom. The van der Waals surface area contributed by atoms with Crippen LogP contribution >= 0.6 is 0 Å². The van der Waals surface area contributed by atoms with E-state index in [0.29, 0.717) is 28.3 Å². The van der Waals surface area contributed by atoms with Crippen molar-refractivity contribution in [1.29, 1.82) is 0 Å². The molecule has 0 aliphatic carbocycles. The van der Waals surface area contributed by atoms with Crippen LogP contribution in [0.5, 0.6) is 0 Å². The zero-order valence-corrected chi connectivity index (χ0v) is 23.3. The summed E-state index contributed by atoms with van der Waals surface area (Å²) in [5.74, 6) is -1.46. The molecule has 1 unspecified atom stereocenters. The van der Waals surface area contributed by atoms with Crippen LogP contribution in [0.25, 0.3) is 0 Å². The van der Waals surface area contributed by atoms with Gasteiger partial charge >= 0.3 is 12.0 Å². The number of hydrogen-bond donors (Lipinski definition) is 3. The molecule has 0 saturated heterocycles. The van der Waals surface area contributed by atoms with Gasteiger partial charge in [0, 0.05) is 37.1 Å². The van der Waals surface area contributed by atoms with Crippen LogP contribution in [0.15, 0.2) is 77.9 Å². The highest BCUT2D eigenvalue weighted by atomic mass is 16.5. The molecule has 3 amide bonds. The van der Waals surface area contributed by atoms with Crippen molar-refractivity contribution in [2.24, 2.45) is 10.4 Å². The van der Waals surface area contributed by atoms with E-state index in [4.69, 9.17) is 4.74 Å². The summed E-state index contributed by atoms with van der Waals surface area (Å²) < 4.78 is 5.10. The van der Waals surface area contributed by atoms with Gasteiger partial charge in [0.1, 0.15) is 6.61 Å². The number of benzodiazepines with no additional fused rings is 1. The minimum Gasteiger partial charge on any atom is -0.465 e. The van der Waals surface area contributed by atoms with Crippen LogP contribution in [-0.2, 0) is 19.1 Å². The summed E-state index contributed by atoms with van der Waals surface area (Å²) in [6.45, 7) is 4.08. The van der Waals surface area contributed by atoms with Gasteiger partial charge in [-0.15, -0.1) is 0 Å². The van der Waals surface area contributed by atoms with Crippen molar-refractivity contribution in [1.82, 2.24) is 10.3 Å². The number of ether oxygens (including phenoxy) is 1. The van der Waals surface area contributed by atoms with Gasteiger partial charge in [-0.05, 0) is 50.2 Å². The highest BCUT2D eigenvalue weighted by molar-refractivity contribution is 6.20. The number of ketones is 1. The number of nitrogens with zero attached hydrogens (tertiary/aromatic N) is 3. The summed E-state index contributed by atoms with van der Waals surface area (Å²) in [6.07, 6.45) is 0.229. The number of anilines is 3. The standard InChI is InChI=1S/C30H32N6O5/c1-19(37)41-18-30(2,3)25(38)17-36-24-14-6-5-12-22(24)26(23-13-7-8-15-32-23)34-27(28(36)39)35-29(40)33-21-11-9-10-20(16-21)31-4/h5-16,27,31H,17-18H2,1-4H3,(H2,33,35,40). The molecule has 41 heavy (non-hydrogen) atoms. The number of carbonyl (C=O) groups excluding carboxylic acids is 4. The molecule has 0 spiro atoms. The first-order valence-corrected chi connectivity index (χ1v) is 13.0. The highest BCUT2D eigenvalue weighted by Gasteiger charge is 2.37. The number of aliphatic imine (C=N–C) groups is 1. The average molecular weight is 557 g/mol. The monoisotopic (exact) mass is 556 g/mol. The van der Waals surface area contributed by atoms with Crippen LogP contribution < -0.4 is 20.9 Å². The predicted octanol–water partition coefficient (Wildman–Crippen LogP) is 3.61. The lowest BCUT2D eigenvalue weighted by molar-refractivity contribution is -0.146. The van der Waals surface area contributed by atoms with Crippen molar-refractivity contribution in [2.75, 3.05) is 35.7 Å². The van der Waals surface area contributed by atoms with Crippen molar-refractivity contribution in [3.8, 4) is 0 Å². The van der Waals surface area contributed by atoms with E-state index in [0.717, 1.165) is 5.69 Å². The summed E-state index contributed by atoms with van der Waals surface area (Å²) in [5, 5.41) is 8.38. The van der Waals surface area contributed by atoms with Gasteiger partial charge in [-0.1, -0.05) is 30.3 Å². The maximum Gasteiger partial charge on any atom is 0.321 e. The Labute approximate surface area is 238 Å². The van der Waals surface area contributed by atoms with Crippen molar-refractivity contribution < 1.29 is 23.9 Å². The van der Waals surface area contributed by atoms with Crippen molar-refractivity contribution in [3.63, 3.8) is 0 Å². The third-order valence-corrected chi connectivity index (χ3v) is 6.49. The number of amides is 3. The number of urea groups is 1. The van der Waals surface area contributed by atoms with Gasteiger partial charge in [0.05, 0.1) is 29.1 Å². The van der Waals surface area contributed by atoms with E-state index in [1.165, 1.54) is 11.8 Å². The van der Waals surface area contributed by atoms with Crippen molar-refractivity contribution in [2.45, 2.75) is 26.9 Å². The summed E-state index contributed by atoms with van der Waals surface area (Å²) in [4.78, 5) is 62.3. The molecular weight excluding hydrogens is 524 g/mol. The lowest BCUT2D eigenvalue weighted by Crippen LogP contribution is -2.51. The average Bonchev–Trinajstić information content (AvgIpc) is 3.07. The van der Waals surface area contributed by atoms with Gasteiger partial charge in [-0.3, -0.25) is 19.4 Å². The van der Waals surface area contributed by atoms with Crippen LogP contribution in [0.1, 0.15) is 32.0 Å². The summed E-state index contributed by atoms with van der Waals surface area (Å²) >= 11 is 0. The lowest BCUT2D eigenvalue weighted by Gasteiger charge is -2.29. The Morgan fingerprint density at radius 2 is 1.73 bits per heavy atom. The van der Waals surface area contributed by atoms with E-state index < -0.39 is 29.5 Å². The fraction of sp³-hybridized carbons (Fsp3) is 0.267. The molecule has 0 radical (unpaired) electrons. The topological polar surface area (TPSA) is 142 Å². The molecule has 0 saturated carbocycles. The molecule has 11 heteroatoms. The number of hydrogen-bond acceptors (Lipinski definition) is 8. The number of rotatable bonds is 9. The number of fused-ring (bicyclic) bond motifs is 1. The first-order valence-electron chi connectivity index (χ1n) is 13.0. The number of aromatic nitrogens is 1. The number of esters is 1. The number of para-hydroxylation sites is 1. The van der Waals surface area contributed by atoms with Gasteiger partial charge in [0.15, 0.2) is 5.78 Å². The first kappa shape index (κ1) is 28.9. The second kappa shape index (κ2) is 12.4. The van der Waals surface area contributed by atoms with E-state index >= 15 is 0 Å². The largest absolute Gasteiger partial charge is 0.465 e. The van der Waals surface area contributed by atoms with Gasteiger partial charge in [-0.25, -0.2) is 9.79 Å². The number of carbonyl (C=O) groups is 4. The third kappa shape index (κ3) is 6.93. The highest BCUT2D eigenvalue weighted by Crippen LogP contribution is 2.29. The second-order valence-corrected chi connectivity index (χ2v) is 10.1. The number of Topliss-reactive ketones (excluding diaryl/α,β-unsaturated/α-hetero) is 1. The Bertz CT molecular complexity index is 1490. The second-order valence-electron chi connectivity index (χ2n) is 10.1. The van der Waals surface area contributed by atoms with E-state index in [2.05, 4.69) is 25.9 Å². The smallest absolute Gasteiger partial charge is 0.321 e. The number of benzene rings is 2. The molecule has 212 valence electrons.